The first-order chi connectivity index (χ1) is 12.7. The second kappa shape index (κ2) is 7.98. The summed E-state index contributed by atoms with van der Waals surface area (Å²) in [6, 6.07) is 11.1. The van der Waals surface area contributed by atoms with E-state index in [-0.39, 0.29) is 0 Å². The minimum Gasteiger partial charge on any atom is -0.376 e. The van der Waals surface area contributed by atoms with E-state index < -0.39 is 0 Å². The normalized spacial score (nSPS) is 10.2. The summed E-state index contributed by atoms with van der Waals surface area (Å²) in [6.45, 7) is 4.52. The largest absolute Gasteiger partial charge is 0.376 e. The average Bonchev–Trinajstić information content (AvgIpc) is 3.07. The third-order valence-electron chi connectivity index (χ3n) is 3.47. The third-order valence-corrected chi connectivity index (χ3v) is 3.47. The van der Waals surface area contributed by atoms with Crippen molar-refractivity contribution in [3.63, 3.8) is 0 Å². The molecule has 0 saturated heterocycles. The quantitative estimate of drug-likeness (QED) is 0.631. The summed E-state index contributed by atoms with van der Waals surface area (Å²) in [7, 11) is 0. The number of nitriles is 1. The maximum Gasteiger partial charge on any atom is 0.183 e. The van der Waals surface area contributed by atoms with Gasteiger partial charge in [-0.3, -0.25) is 10.1 Å². The molecule has 0 aliphatic carbocycles. The fourth-order valence-electron chi connectivity index (χ4n) is 2.33. The number of nitrogens with zero attached hydrogens (tertiary/aromatic N) is 5. The molecule has 8 heteroatoms. The van der Waals surface area contributed by atoms with Crippen LogP contribution < -0.4 is 15.2 Å². The molecule has 3 rings (SSSR count). The zero-order valence-corrected chi connectivity index (χ0v) is 14.6. The topological polar surface area (TPSA) is 103 Å². The second-order valence-electron chi connectivity index (χ2n) is 5.62. The Morgan fingerprint density at radius 2 is 2.19 bits per heavy atom. The van der Waals surface area contributed by atoms with Gasteiger partial charge in [-0.25, -0.2) is 4.98 Å². The van der Waals surface area contributed by atoms with Gasteiger partial charge in [0.25, 0.3) is 0 Å². The van der Waals surface area contributed by atoms with Crippen molar-refractivity contribution in [1.82, 2.24) is 20.2 Å². The highest BCUT2D eigenvalue weighted by atomic mass is 16.7. The lowest BCUT2D eigenvalue weighted by Crippen LogP contribution is -2.30. The van der Waals surface area contributed by atoms with E-state index in [1.54, 1.807) is 41.7 Å². The van der Waals surface area contributed by atoms with E-state index in [1.807, 2.05) is 19.9 Å². The lowest BCUT2D eigenvalue weighted by atomic mass is 10.2. The zero-order valence-electron chi connectivity index (χ0n) is 14.6. The molecule has 3 aromatic rings. The number of hydrogen-bond acceptors (Lipinski definition) is 7. The van der Waals surface area contributed by atoms with Crippen molar-refractivity contribution in [2.75, 3.05) is 16.9 Å². The van der Waals surface area contributed by atoms with E-state index in [2.05, 4.69) is 31.6 Å². The predicted octanol–water partition coefficient (Wildman–Crippen LogP) is 3.33. The Morgan fingerprint density at radius 1 is 1.31 bits per heavy atom. The minimum atomic E-state index is 0.422. The van der Waals surface area contributed by atoms with Crippen LogP contribution in [0.1, 0.15) is 24.6 Å². The lowest BCUT2D eigenvalue weighted by molar-refractivity contribution is 0.274. The monoisotopic (exact) mass is 349 g/mol. The van der Waals surface area contributed by atoms with Crippen molar-refractivity contribution in [1.29, 1.82) is 5.26 Å². The zero-order chi connectivity index (χ0) is 18.4. The average molecular weight is 349 g/mol. The van der Waals surface area contributed by atoms with E-state index in [9.17, 15) is 5.26 Å². The summed E-state index contributed by atoms with van der Waals surface area (Å²) >= 11 is 0. The van der Waals surface area contributed by atoms with E-state index in [1.165, 1.54) is 0 Å². The molecule has 0 bridgehead atoms. The molecular formula is C18H19N7O. The molecule has 0 aromatic carbocycles. The molecule has 0 unspecified atom stereocenters. The van der Waals surface area contributed by atoms with Crippen molar-refractivity contribution in [3.8, 4) is 11.8 Å². The SMILES string of the molecule is CCCN(Oc1cccnc1)c1nc(Nc2cc(C)[nH]n2)ccc1C#N. The fraction of sp³-hybridized carbons (Fsp3) is 0.222. The Morgan fingerprint density at radius 3 is 2.85 bits per heavy atom. The first-order valence-electron chi connectivity index (χ1n) is 8.25. The van der Waals surface area contributed by atoms with Crippen molar-refractivity contribution >= 4 is 17.5 Å². The number of aryl methyl sites for hydroxylation is 1. The van der Waals surface area contributed by atoms with Crippen LogP contribution in [0.3, 0.4) is 0 Å². The Hall–Kier alpha value is -3.60. The van der Waals surface area contributed by atoms with Crippen LogP contribution in [0.15, 0.2) is 42.7 Å². The van der Waals surface area contributed by atoms with Gasteiger partial charge in [-0.1, -0.05) is 6.92 Å². The molecule has 0 atom stereocenters. The summed E-state index contributed by atoms with van der Waals surface area (Å²) in [5.41, 5.74) is 1.36. The Balaban J connectivity index is 1.91. The number of pyridine rings is 2. The van der Waals surface area contributed by atoms with Gasteiger partial charge < -0.3 is 10.2 Å². The van der Waals surface area contributed by atoms with Gasteiger partial charge in [-0.15, -0.1) is 0 Å². The van der Waals surface area contributed by atoms with E-state index in [0.29, 0.717) is 35.3 Å². The van der Waals surface area contributed by atoms with Gasteiger partial charge in [-0.05, 0) is 37.6 Å². The van der Waals surface area contributed by atoms with Crippen LogP contribution in [0.5, 0.6) is 5.75 Å². The van der Waals surface area contributed by atoms with Gasteiger partial charge in [0.2, 0.25) is 0 Å². The highest BCUT2D eigenvalue weighted by molar-refractivity contribution is 5.61. The van der Waals surface area contributed by atoms with Crippen LogP contribution in [-0.2, 0) is 0 Å². The smallest absolute Gasteiger partial charge is 0.183 e. The molecular weight excluding hydrogens is 330 g/mol. The number of aromatic amines is 1. The molecule has 8 nitrogen and oxygen atoms in total. The number of aromatic nitrogens is 4. The molecule has 0 radical (unpaired) electrons. The van der Waals surface area contributed by atoms with E-state index in [0.717, 1.165) is 12.1 Å². The molecule has 3 heterocycles. The fourth-order valence-corrected chi connectivity index (χ4v) is 2.33. The van der Waals surface area contributed by atoms with E-state index in [4.69, 9.17) is 4.84 Å². The van der Waals surface area contributed by atoms with Crippen LogP contribution in [0.4, 0.5) is 17.5 Å². The van der Waals surface area contributed by atoms with Gasteiger partial charge >= 0.3 is 0 Å². The van der Waals surface area contributed by atoms with Gasteiger partial charge in [0.15, 0.2) is 17.4 Å². The maximum absolute atomic E-state index is 9.46. The Kier molecular flexibility index (Phi) is 5.29. The third kappa shape index (κ3) is 4.08. The van der Waals surface area contributed by atoms with E-state index >= 15 is 0 Å². The first-order valence-corrected chi connectivity index (χ1v) is 8.25. The molecule has 0 fully saturated rings. The summed E-state index contributed by atoms with van der Waals surface area (Å²) in [6.07, 6.45) is 4.11. The number of H-pyrrole nitrogens is 1. The van der Waals surface area contributed by atoms with Crippen LogP contribution in [-0.4, -0.2) is 26.7 Å². The summed E-state index contributed by atoms with van der Waals surface area (Å²) < 4.78 is 0. The standard InChI is InChI=1S/C18H19N7O/c1-3-9-25(26-15-5-4-8-20-12-15)18-14(11-19)6-7-16(22-18)21-17-10-13(2)23-24-17/h4-8,10,12H,3,9H2,1-2H3,(H2,21,22,23,24). The molecule has 0 spiro atoms. The number of hydroxylamine groups is 1. The van der Waals surface area contributed by atoms with Crippen LogP contribution >= 0.6 is 0 Å². The van der Waals surface area contributed by atoms with Gasteiger partial charge in [0.1, 0.15) is 11.9 Å². The summed E-state index contributed by atoms with van der Waals surface area (Å²) in [5, 5.41) is 21.2. The number of hydrogen-bond donors (Lipinski definition) is 2. The highest BCUT2D eigenvalue weighted by Crippen LogP contribution is 2.24. The highest BCUT2D eigenvalue weighted by Gasteiger charge is 2.16. The summed E-state index contributed by atoms with van der Waals surface area (Å²) in [5.74, 6) is 2.24. The van der Waals surface area contributed by atoms with Gasteiger partial charge in [0, 0.05) is 18.0 Å². The lowest BCUT2D eigenvalue weighted by Gasteiger charge is -2.24. The van der Waals surface area contributed by atoms with Gasteiger partial charge in [0.05, 0.1) is 18.3 Å². The molecule has 26 heavy (non-hydrogen) atoms. The number of nitrogens with one attached hydrogen (secondary N) is 2. The number of rotatable bonds is 7. The van der Waals surface area contributed by atoms with Gasteiger partial charge in [-0.2, -0.15) is 15.4 Å². The molecule has 0 saturated carbocycles. The molecule has 0 aliphatic heterocycles. The molecule has 0 aliphatic rings. The number of anilines is 3. The van der Waals surface area contributed by atoms with Crippen molar-refractivity contribution in [2.24, 2.45) is 0 Å². The van der Waals surface area contributed by atoms with Crippen molar-refractivity contribution < 1.29 is 4.84 Å². The Bertz CT molecular complexity index is 901. The Labute approximate surface area is 151 Å². The van der Waals surface area contributed by atoms with Crippen molar-refractivity contribution in [3.05, 3.63) is 54.0 Å². The minimum absolute atomic E-state index is 0.422. The van der Waals surface area contributed by atoms with Crippen LogP contribution in [0, 0.1) is 18.3 Å². The molecule has 0 amide bonds. The predicted molar refractivity (Wildman–Crippen MR) is 98.1 cm³/mol. The molecule has 2 N–H and O–H groups in total. The van der Waals surface area contributed by atoms with Crippen LogP contribution in [0.25, 0.3) is 0 Å². The van der Waals surface area contributed by atoms with Crippen LogP contribution in [0.2, 0.25) is 0 Å². The first kappa shape index (κ1) is 17.2. The molecule has 3 aromatic heterocycles. The molecule has 132 valence electrons. The second-order valence-corrected chi connectivity index (χ2v) is 5.62. The summed E-state index contributed by atoms with van der Waals surface area (Å²) in [4.78, 5) is 14.5. The van der Waals surface area contributed by atoms with Crippen molar-refractivity contribution in [2.45, 2.75) is 20.3 Å². The maximum atomic E-state index is 9.46.